The maximum absolute atomic E-state index is 12.4. The Labute approximate surface area is 191 Å². The van der Waals surface area contributed by atoms with Crippen LogP contribution in [-0.4, -0.2) is 62.9 Å². The molecule has 0 unspecified atom stereocenters. The van der Waals surface area contributed by atoms with Gasteiger partial charge in [0.15, 0.2) is 9.84 Å². The van der Waals surface area contributed by atoms with Crippen LogP contribution in [0.4, 0.5) is 0 Å². The van der Waals surface area contributed by atoms with Crippen LogP contribution in [0.2, 0.25) is 0 Å². The van der Waals surface area contributed by atoms with E-state index in [1.807, 2.05) is 30.3 Å². The number of piperidine rings is 1. The van der Waals surface area contributed by atoms with Gasteiger partial charge in [0.05, 0.1) is 30.3 Å². The predicted octanol–water partition coefficient (Wildman–Crippen LogP) is 2.61. The highest BCUT2D eigenvalue weighted by Crippen LogP contribution is 2.37. The van der Waals surface area contributed by atoms with E-state index >= 15 is 0 Å². The van der Waals surface area contributed by atoms with Crippen molar-refractivity contribution in [3.63, 3.8) is 0 Å². The summed E-state index contributed by atoms with van der Waals surface area (Å²) in [4.78, 5) is 26.1. The molecule has 2 fully saturated rings. The quantitative estimate of drug-likeness (QED) is 0.436. The lowest BCUT2D eigenvalue weighted by Crippen LogP contribution is -2.40. The molecule has 1 atom stereocenters. The second-order valence-corrected chi connectivity index (χ2v) is 11.0. The summed E-state index contributed by atoms with van der Waals surface area (Å²) >= 11 is 0. The van der Waals surface area contributed by atoms with E-state index in [0.717, 1.165) is 40.4 Å². The molecule has 1 N–H and O–H groups in total. The number of rotatable bonds is 6. The zero-order valence-corrected chi connectivity index (χ0v) is 19.0. The number of carbonyl (C=O) groups is 2. The van der Waals surface area contributed by atoms with Gasteiger partial charge in [-0.25, -0.2) is 8.42 Å². The summed E-state index contributed by atoms with van der Waals surface area (Å²) in [5.41, 5.74) is 1.51. The van der Waals surface area contributed by atoms with Crippen LogP contribution in [0.25, 0.3) is 21.7 Å². The Morgan fingerprint density at radius 3 is 2.73 bits per heavy atom. The Hall–Kier alpha value is -2.91. The minimum Gasteiger partial charge on any atom is -0.494 e. The molecule has 33 heavy (non-hydrogen) atoms. The minimum atomic E-state index is -2.85. The van der Waals surface area contributed by atoms with E-state index in [4.69, 9.17) is 9.15 Å². The van der Waals surface area contributed by atoms with Gasteiger partial charge < -0.3 is 14.1 Å². The van der Waals surface area contributed by atoms with E-state index in [1.54, 1.807) is 6.26 Å². The number of nitrogens with one attached hydrogen (secondary N) is 1. The van der Waals surface area contributed by atoms with Crippen molar-refractivity contribution in [1.29, 1.82) is 0 Å². The smallest absolute Gasteiger partial charge is 0.234 e. The summed E-state index contributed by atoms with van der Waals surface area (Å²) in [6, 6.07) is 9.73. The summed E-state index contributed by atoms with van der Waals surface area (Å²) in [6.45, 7) is 2.54. The van der Waals surface area contributed by atoms with Gasteiger partial charge >= 0.3 is 0 Å². The third kappa shape index (κ3) is 4.60. The fourth-order valence-electron chi connectivity index (χ4n) is 4.66. The zero-order chi connectivity index (χ0) is 23.0. The molecular formula is C24H26N2O6S. The van der Waals surface area contributed by atoms with Gasteiger partial charge in [-0.3, -0.25) is 14.9 Å². The fourth-order valence-corrected chi connectivity index (χ4v) is 5.94. The average molecular weight is 471 g/mol. The van der Waals surface area contributed by atoms with Crippen LogP contribution in [0.3, 0.4) is 0 Å². The molecule has 2 saturated heterocycles. The molecule has 2 aliphatic rings. The van der Waals surface area contributed by atoms with Gasteiger partial charge in [-0.05, 0) is 47.9 Å². The van der Waals surface area contributed by atoms with Gasteiger partial charge in [0.2, 0.25) is 11.8 Å². The van der Waals surface area contributed by atoms with Crippen molar-refractivity contribution in [2.75, 3.05) is 37.7 Å². The molecule has 0 spiro atoms. The SMILES string of the molecule is O=C1CC[C@H](c2coc3ccc4cc(OCCCN5CCS(=O)(=O)CC5)ccc4c23)C(=O)N1. The Kier molecular flexibility index (Phi) is 5.84. The topological polar surface area (TPSA) is 106 Å². The van der Waals surface area contributed by atoms with Crippen molar-refractivity contribution in [1.82, 2.24) is 10.2 Å². The largest absolute Gasteiger partial charge is 0.494 e. The van der Waals surface area contributed by atoms with Gasteiger partial charge in [-0.15, -0.1) is 0 Å². The molecule has 0 aliphatic carbocycles. The Bertz CT molecular complexity index is 1320. The number of hydrogen-bond acceptors (Lipinski definition) is 7. The molecule has 2 aromatic carbocycles. The number of fused-ring (bicyclic) bond motifs is 3. The van der Waals surface area contributed by atoms with Gasteiger partial charge in [0.25, 0.3) is 0 Å². The second kappa shape index (κ2) is 8.79. The Morgan fingerprint density at radius 2 is 1.94 bits per heavy atom. The normalized spacial score (nSPS) is 21.4. The molecule has 3 aromatic rings. The van der Waals surface area contributed by atoms with Gasteiger partial charge in [-0.1, -0.05) is 6.07 Å². The number of imide groups is 1. The number of benzene rings is 2. The van der Waals surface area contributed by atoms with Crippen molar-refractivity contribution in [2.24, 2.45) is 0 Å². The lowest BCUT2D eigenvalue weighted by molar-refractivity contribution is -0.134. The van der Waals surface area contributed by atoms with Crippen LogP contribution in [0.1, 0.15) is 30.7 Å². The molecule has 2 amide bonds. The first kappa shape index (κ1) is 21.9. The van der Waals surface area contributed by atoms with Gasteiger partial charge in [0, 0.05) is 37.0 Å². The highest BCUT2D eigenvalue weighted by Gasteiger charge is 2.31. The monoisotopic (exact) mass is 470 g/mol. The van der Waals surface area contributed by atoms with Crippen molar-refractivity contribution >= 4 is 43.4 Å². The molecule has 174 valence electrons. The van der Waals surface area contributed by atoms with Gasteiger partial charge in [-0.2, -0.15) is 0 Å². The number of nitrogens with zero attached hydrogens (tertiary/aromatic N) is 1. The van der Waals surface area contributed by atoms with Crippen LogP contribution in [0.15, 0.2) is 41.0 Å². The van der Waals surface area contributed by atoms with Crippen LogP contribution >= 0.6 is 0 Å². The maximum atomic E-state index is 12.4. The van der Waals surface area contributed by atoms with Crippen LogP contribution in [0, 0.1) is 0 Å². The molecule has 0 radical (unpaired) electrons. The molecule has 3 heterocycles. The van der Waals surface area contributed by atoms with Crippen LogP contribution in [0.5, 0.6) is 5.75 Å². The number of sulfone groups is 1. The molecule has 5 rings (SSSR count). The van der Waals surface area contributed by atoms with E-state index in [0.29, 0.717) is 38.1 Å². The predicted molar refractivity (Wildman–Crippen MR) is 124 cm³/mol. The van der Waals surface area contributed by atoms with E-state index < -0.39 is 15.8 Å². The lowest BCUT2D eigenvalue weighted by Gasteiger charge is -2.26. The lowest BCUT2D eigenvalue weighted by atomic mass is 9.89. The average Bonchev–Trinajstić information content (AvgIpc) is 3.22. The first-order valence-electron chi connectivity index (χ1n) is 11.2. The number of carbonyl (C=O) groups excluding carboxylic acids is 2. The fraction of sp³-hybridized carbons (Fsp3) is 0.417. The van der Waals surface area contributed by atoms with Crippen molar-refractivity contribution in [3.8, 4) is 5.75 Å². The number of ether oxygens (including phenoxy) is 1. The molecular weight excluding hydrogens is 444 g/mol. The molecule has 0 saturated carbocycles. The first-order chi connectivity index (χ1) is 15.9. The van der Waals surface area contributed by atoms with E-state index in [9.17, 15) is 18.0 Å². The number of furan rings is 1. The third-order valence-corrected chi connectivity index (χ3v) is 8.10. The number of amides is 2. The van der Waals surface area contributed by atoms with Crippen LogP contribution < -0.4 is 10.1 Å². The maximum Gasteiger partial charge on any atom is 0.234 e. The Morgan fingerprint density at radius 1 is 1.12 bits per heavy atom. The van der Waals surface area contributed by atoms with Crippen molar-refractivity contribution < 1.29 is 27.2 Å². The van der Waals surface area contributed by atoms with E-state index in [1.165, 1.54) is 0 Å². The van der Waals surface area contributed by atoms with Crippen molar-refractivity contribution in [3.05, 3.63) is 42.2 Å². The van der Waals surface area contributed by atoms with Crippen molar-refractivity contribution in [2.45, 2.75) is 25.2 Å². The minimum absolute atomic E-state index is 0.235. The summed E-state index contributed by atoms with van der Waals surface area (Å²) < 4.78 is 34.7. The second-order valence-electron chi connectivity index (χ2n) is 8.71. The molecule has 0 bridgehead atoms. The molecule has 9 heteroatoms. The summed E-state index contributed by atoms with van der Waals surface area (Å²) in [6.07, 6.45) is 3.23. The van der Waals surface area contributed by atoms with E-state index in [-0.39, 0.29) is 23.3 Å². The Balaban J connectivity index is 1.28. The third-order valence-electron chi connectivity index (χ3n) is 6.49. The zero-order valence-electron chi connectivity index (χ0n) is 18.2. The summed E-state index contributed by atoms with van der Waals surface area (Å²) in [5.74, 6) is 0.312. The molecule has 1 aromatic heterocycles. The highest BCUT2D eigenvalue weighted by atomic mass is 32.2. The van der Waals surface area contributed by atoms with Gasteiger partial charge in [0.1, 0.15) is 11.3 Å². The summed E-state index contributed by atoms with van der Waals surface area (Å²) in [7, 11) is -2.85. The first-order valence-corrected chi connectivity index (χ1v) is 13.0. The number of hydrogen-bond donors (Lipinski definition) is 1. The molecule has 2 aliphatic heterocycles. The molecule has 8 nitrogen and oxygen atoms in total. The van der Waals surface area contributed by atoms with E-state index in [2.05, 4.69) is 10.2 Å². The summed E-state index contributed by atoms with van der Waals surface area (Å²) in [5, 5.41) is 5.28. The van der Waals surface area contributed by atoms with Crippen LogP contribution in [-0.2, 0) is 19.4 Å². The standard InChI is InChI=1S/C24H26N2O6S/c27-22-7-5-19(24(28)25-22)20-15-32-21-6-2-16-14-17(3-4-18(16)23(20)21)31-11-1-8-26-9-12-33(29,30)13-10-26/h2-4,6,14-15,19H,1,5,7-13H2,(H,25,27,28)/t19-/m1/s1. The highest BCUT2D eigenvalue weighted by molar-refractivity contribution is 7.91.